The van der Waals surface area contributed by atoms with Crippen molar-refractivity contribution < 1.29 is 14.2 Å². The monoisotopic (exact) mass is 394 g/mol. The van der Waals surface area contributed by atoms with Gasteiger partial charge in [-0.15, -0.1) is 24.8 Å². The van der Waals surface area contributed by atoms with E-state index in [1.807, 2.05) is 12.1 Å². The molecule has 0 bridgehead atoms. The Balaban J connectivity index is 0.00000288. The number of piperazine rings is 1. The zero-order valence-electron chi connectivity index (χ0n) is 15.8. The number of methoxy groups -OCH3 is 3. The number of hydrogen-bond donors (Lipinski definition) is 1. The van der Waals surface area contributed by atoms with Gasteiger partial charge in [0.25, 0.3) is 0 Å². The fraction of sp³-hybridized carbons (Fsp3) is 0.667. The van der Waals surface area contributed by atoms with Crippen LogP contribution in [0, 0.1) is 5.92 Å². The second kappa shape index (κ2) is 11.7. The number of nitrogens with zero attached hydrogens (tertiary/aromatic N) is 1. The highest BCUT2D eigenvalue weighted by Gasteiger charge is 2.29. The molecule has 0 radical (unpaired) electrons. The third kappa shape index (κ3) is 6.10. The van der Waals surface area contributed by atoms with E-state index in [1.54, 1.807) is 21.3 Å². The Hall–Kier alpha value is -0.880. The molecule has 1 atom stereocenters. The Morgan fingerprint density at radius 2 is 1.48 bits per heavy atom. The lowest BCUT2D eigenvalue weighted by Gasteiger charge is -2.37. The molecule has 0 amide bonds. The standard InChI is InChI=1S/C18H30N2O3.2ClH/c1-13(2)10-15(20-8-6-19-7-9-20)18-16(22-4)11-14(21-3)12-17(18)23-5;;/h11-13,15,19H,6-10H2,1-5H3;2*1H/t15-;;/m1../s1. The second-order valence-corrected chi connectivity index (χ2v) is 6.38. The average molecular weight is 395 g/mol. The maximum Gasteiger partial charge on any atom is 0.131 e. The van der Waals surface area contributed by atoms with Gasteiger partial charge in [-0.3, -0.25) is 4.90 Å². The van der Waals surface area contributed by atoms with E-state index in [2.05, 4.69) is 24.1 Å². The van der Waals surface area contributed by atoms with Crippen molar-refractivity contribution in [2.24, 2.45) is 5.92 Å². The van der Waals surface area contributed by atoms with Crippen LogP contribution in [0.1, 0.15) is 31.9 Å². The first-order valence-electron chi connectivity index (χ1n) is 8.35. The van der Waals surface area contributed by atoms with Gasteiger partial charge < -0.3 is 19.5 Å². The van der Waals surface area contributed by atoms with Crippen LogP contribution in [-0.4, -0.2) is 52.4 Å². The van der Waals surface area contributed by atoms with Gasteiger partial charge >= 0.3 is 0 Å². The minimum absolute atomic E-state index is 0. The normalized spacial score (nSPS) is 15.8. The molecule has 1 aliphatic heterocycles. The van der Waals surface area contributed by atoms with Crippen LogP contribution in [0.5, 0.6) is 17.2 Å². The molecule has 2 rings (SSSR count). The lowest BCUT2D eigenvalue weighted by atomic mass is 9.93. The molecule has 5 nitrogen and oxygen atoms in total. The minimum Gasteiger partial charge on any atom is -0.496 e. The zero-order chi connectivity index (χ0) is 16.8. The molecule has 1 heterocycles. The lowest BCUT2D eigenvalue weighted by molar-refractivity contribution is 0.148. The predicted octanol–water partition coefficient (Wildman–Crippen LogP) is 3.55. The van der Waals surface area contributed by atoms with Crippen molar-refractivity contribution in [1.82, 2.24) is 10.2 Å². The minimum atomic E-state index is 0. The van der Waals surface area contributed by atoms with Gasteiger partial charge in [-0.2, -0.15) is 0 Å². The lowest BCUT2D eigenvalue weighted by Crippen LogP contribution is -2.45. The van der Waals surface area contributed by atoms with Gasteiger partial charge in [-0.05, 0) is 12.3 Å². The Kier molecular flexibility index (Phi) is 11.3. The summed E-state index contributed by atoms with van der Waals surface area (Å²) in [6.45, 7) is 8.64. The van der Waals surface area contributed by atoms with Crippen molar-refractivity contribution in [1.29, 1.82) is 0 Å². The molecule has 0 spiro atoms. The molecule has 1 N–H and O–H groups in total. The Bertz CT molecular complexity index is 484. The summed E-state index contributed by atoms with van der Waals surface area (Å²) in [6.07, 6.45) is 1.07. The number of rotatable bonds is 7. The molecule has 0 aromatic heterocycles. The van der Waals surface area contributed by atoms with Gasteiger partial charge in [0.05, 0.1) is 26.9 Å². The first kappa shape index (κ1) is 24.1. The summed E-state index contributed by atoms with van der Waals surface area (Å²) < 4.78 is 16.7. The summed E-state index contributed by atoms with van der Waals surface area (Å²) in [5.74, 6) is 3.02. The van der Waals surface area contributed by atoms with Crippen molar-refractivity contribution in [2.45, 2.75) is 26.3 Å². The maximum atomic E-state index is 5.68. The Labute approximate surface area is 164 Å². The zero-order valence-corrected chi connectivity index (χ0v) is 17.5. The Morgan fingerprint density at radius 1 is 0.960 bits per heavy atom. The molecule has 1 aliphatic rings. The van der Waals surface area contributed by atoms with Crippen LogP contribution in [0.4, 0.5) is 0 Å². The fourth-order valence-electron chi connectivity index (χ4n) is 3.25. The van der Waals surface area contributed by atoms with Crippen molar-refractivity contribution in [3.63, 3.8) is 0 Å². The highest BCUT2D eigenvalue weighted by molar-refractivity contribution is 5.85. The van der Waals surface area contributed by atoms with E-state index in [0.717, 1.165) is 55.4 Å². The molecule has 1 fully saturated rings. The molecular formula is C18H32Cl2N2O3. The Morgan fingerprint density at radius 3 is 1.88 bits per heavy atom. The van der Waals surface area contributed by atoms with E-state index in [4.69, 9.17) is 14.2 Å². The summed E-state index contributed by atoms with van der Waals surface area (Å²) in [5, 5.41) is 3.43. The molecule has 7 heteroatoms. The summed E-state index contributed by atoms with van der Waals surface area (Å²) >= 11 is 0. The molecule has 0 saturated carbocycles. The highest BCUT2D eigenvalue weighted by atomic mass is 35.5. The molecule has 25 heavy (non-hydrogen) atoms. The van der Waals surface area contributed by atoms with E-state index in [9.17, 15) is 0 Å². The predicted molar refractivity (Wildman–Crippen MR) is 107 cm³/mol. The van der Waals surface area contributed by atoms with Gasteiger partial charge in [0.1, 0.15) is 17.2 Å². The third-order valence-corrected chi connectivity index (χ3v) is 4.37. The largest absolute Gasteiger partial charge is 0.496 e. The van der Waals surface area contributed by atoms with E-state index < -0.39 is 0 Å². The van der Waals surface area contributed by atoms with Crippen molar-refractivity contribution in [2.75, 3.05) is 47.5 Å². The first-order valence-corrected chi connectivity index (χ1v) is 8.35. The van der Waals surface area contributed by atoms with Gasteiger partial charge in [0.15, 0.2) is 0 Å². The molecule has 146 valence electrons. The number of hydrogen-bond acceptors (Lipinski definition) is 5. The van der Waals surface area contributed by atoms with Crippen molar-refractivity contribution in [3.8, 4) is 17.2 Å². The van der Waals surface area contributed by atoms with Crippen LogP contribution >= 0.6 is 24.8 Å². The third-order valence-electron chi connectivity index (χ3n) is 4.37. The van der Waals surface area contributed by atoms with Crippen LogP contribution in [0.2, 0.25) is 0 Å². The van der Waals surface area contributed by atoms with E-state index in [0.29, 0.717) is 5.92 Å². The molecule has 1 aromatic carbocycles. The topological polar surface area (TPSA) is 43.0 Å². The second-order valence-electron chi connectivity index (χ2n) is 6.38. The molecular weight excluding hydrogens is 363 g/mol. The number of halogens is 2. The SMILES string of the molecule is COc1cc(OC)c([C@@H](CC(C)C)N2CCNCC2)c(OC)c1.Cl.Cl. The van der Waals surface area contributed by atoms with Crippen molar-refractivity contribution >= 4 is 24.8 Å². The van der Waals surface area contributed by atoms with Gasteiger partial charge in [-0.1, -0.05) is 13.8 Å². The summed E-state index contributed by atoms with van der Waals surface area (Å²) in [4.78, 5) is 2.53. The van der Waals surface area contributed by atoms with Gasteiger partial charge in [0.2, 0.25) is 0 Å². The summed E-state index contributed by atoms with van der Waals surface area (Å²) in [5.41, 5.74) is 1.13. The fourth-order valence-corrected chi connectivity index (χ4v) is 3.25. The van der Waals surface area contributed by atoms with Crippen LogP contribution in [0.15, 0.2) is 12.1 Å². The number of benzene rings is 1. The van der Waals surface area contributed by atoms with Crippen LogP contribution in [-0.2, 0) is 0 Å². The van der Waals surface area contributed by atoms with E-state index >= 15 is 0 Å². The number of ether oxygens (including phenoxy) is 3. The highest BCUT2D eigenvalue weighted by Crippen LogP contribution is 2.43. The summed E-state index contributed by atoms with van der Waals surface area (Å²) in [6, 6.07) is 4.19. The van der Waals surface area contributed by atoms with Crippen LogP contribution < -0.4 is 19.5 Å². The maximum absolute atomic E-state index is 5.68. The van der Waals surface area contributed by atoms with E-state index in [-0.39, 0.29) is 30.9 Å². The number of nitrogens with one attached hydrogen (secondary N) is 1. The quantitative estimate of drug-likeness (QED) is 0.765. The molecule has 1 aromatic rings. The van der Waals surface area contributed by atoms with Gasteiger partial charge in [-0.25, -0.2) is 0 Å². The van der Waals surface area contributed by atoms with Gasteiger partial charge in [0, 0.05) is 44.4 Å². The van der Waals surface area contributed by atoms with E-state index in [1.165, 1.54) is 0 Å². The smallest absolute Gasteiger partial charge is 0.131 e. The van der Waals surface area contributed by atoms with Crippen LogP contribution in [0.3, 0.4) is 0 Å². The van der Waals surface area contributed by atoms with Crippen LogP contribution in [0.25, 0.3) is 0 Å². The summed E-state index contributed by atoms with van der Waals surface area (Å²) in [7, 11) is 5.08. The molecule has 1 saturated heterocycles. The first-order chi connectivity index (χ1) is 11.1. The van der Waals surface area contributed by atoms with Crippen molar-refractivity contribution in [3.05, 3.63) is 17.7 Å². The molecule has 0 aliphatic carbocycles. The molecule has 0 unspecified atom stereocenters. The average Bonchev–Trinajstić information content (AvgIpc) is 2.59.